The number of ether oxygens (including phenoxy) is 1. The molecule has 0 spiro atoms. The van der Waals surface area contributed by atoms with Gasteiger partial charge in [0.1, 0.15) is 5.60 Å². The highest BCUT2D eigenvalue weighted by molar-refractivity contribution is 6.30. The Balaban J connectivity index is 1.89. The van der Waals surface area contributed by atoms with Crippen molar-refractivity contribution in [1.82, 2.24) is 10.2 Å². The minimum absolute atomic E-state index is 0.187. The fourth-order valence-corrected chi connectivity index (χ4v) is 3.52. The number of amides is 1. The highest BCUT2D eigenvalue weighted by atomic mass is 35.5. The fraction of sp³-hybridized carbons (Fsp3) is 0.650. The Kier molecular flexibility index (Phi) is 6.75. The van der Waals surface area contributed by atoms with Gasteiger partial charge in [-0.05, 0) is 71.6 Å². The quantitative estimate of drug-likeness (QED) is 0.781. The van der Waals surface area contributed by atoms with Crippen molar-refractivity contribution in [2.45, 2.75) is 77.6 Å². The summed E-state index contributed by atoms with van der Waals surface area (Å²) < 4.78 is 5.55. The predicted molar refractivity (Wildman–Crippen MR) is 103 cm³/mol. The molecule has 1 heterocycles. The van der Waals surface area contributed by atoms with Crippen molar-refractivity contribution in [3.63, 3.8) is 0 Å². The van der Waals surface area contributed by atoms with E-state index >= 15 is 0 Å². The highest BCUT2D eigenvalue weighted by Gasteiger charge is 2.33. The monoisotopic (exact) mass is 366 g/mol. The van der Waals surface area contributed by atoms with Crippen LogP contribution in [0.3, 0.4) is 0 Å². The number of halogens is 1. The van der Waals surface area contributed by atoms with E-state index in [9.17, 15) is 4.79 Å². The van der Waals surface area contributed by atoms with E-state index in [1.165, 1.54) is 5.56 Å². The molecule has 0 radical (unpaired) electrons. The molecule has 5 heteroatoms. The second kappa shape index (κ2) is 8.41. The third-order valence-corrected chi connectivity index (χ3v) is 4.79. The van der Waals surface area contributed by atoms with Crippen LogP contribution >= 0.6 is 11.6 Å². The van der Waals surface area contributed by atoms with Crippen LogP contribution in [0.15, 0.2) is 24.3 Å². The molecule has 0 bridgehead atoms. The van der Waals surface area contributed by atoms with Crippen LogP contribution < -0.4 is 5.32 Å². The number of hydrogen-bond acceptors (Lipinski definition) is 3. The maximum Gasteiger partial charge on any atom is 0.410 e. The van der Waals surface area contributed by atoms with Gasteiger partial charge in [0.2, 0.25) is 0 Å². The first-order chi connectivity index (χ1) is 11.7. The number of hydrogen-bond donors (Lipinski definition) is 1. The fourth-order valence-electron chi connectivity index (χ4n) is 3.39. The molecule has 2 rings (SSSR count). The zero-order valence-corrected chi connectivity index (χ0v) is 16.8. The van der Waals surface area contributed by atoms with E-state index in [0.29, 0.717) is 6.04 Å². The summed E-state index contributed by atoms with van der Waals surface area (Å²) in [6, 6.07) is 8.73. The lowest BCUT2D eigenvalue weighted by Gasteiger charge is -2.31. The standard InChI is InChI=1S/C20H31ClN2O2/c1-14(22-15(2)16-8-10-17(21)11-9-16)13-18-7-6-12-23(18)19(24)25-20(3,4)5/h8-11,14-15,18,22H,6-7,12-13H2,1-5H3/t14?,15-,18?/m0/s1. The van der Waals surface area contributed by atoms with Gasteiger partial charge in [0.25, 0.3) is 0 Å². The Morgan fingerprint density at radius 3 is 2.56 bits per heavy atom. The zero-order chi connectivity index (χ0) is 18.6. The zero-order valence-electron chi connectivity index (χ0n) is 16.0. The van der Waals surface area contributed by atoms with Crippen molar-refractivity contribution in [1.29, 1.82) is 0 Å². The largest absolute Gasteiger partial charge is 0.444 e. The summed E-state index contributed by atoms with van der Waals surface area (Å²) in [6.07, 6.45) is 2.83. The second-order valence-corrected chi connectivity index (χ2v) is 8.48. The van der Waals surface area contributed by atoms with Crippen LogP contribution in [0.25, 0.3) is 0 Å². The van der Waals surface area contributed by atoms with Gasteiger partial charge >= 0.3 is 6.09 Å². The minimum atomic E-state index is -0.447. The second-order valence-electron chi connectivity index (χ2n) is 8.05. The molecule has 0 aromatic heterocycles. The van der Waals surface area contributed by atoms with E-state index in [2.05, 4.69) is 31.3 Å². The first kappa shape index (κ1) is 20.1. The SMILES string of the molecule is CC(CC1CCCN1C(=O)OC(C)(C)C)N[C@@H](C)c1ccc(Cl)cc1. The number of carbonyl (C=O) groups is 1. The molecule has 4 nitrogen and oxygen atoms in total. The van der Waals surface area contributed by atoms with Crippen molar-refractivity contribution in [2.75, 3.05) is 6.54 Å². The molecule has 140 valence electrons. The van der Waals surface area contributed by atoms with E-state index < -0.39 is 5.60 Å². The predicted octanol–water partition coefficient (Wildman–Crippen LogP) is 5.17. The van der Waals surface area contributed by atoms with Crippen molar-refractivity contribution in [3.05, 3.63) is 34.9 Å². The van der Waals surface area contributed by atoms with Gasteiger partial charge in [0.05, 0.1) is 0 Å². The maximum atomic E-state index is 12.4. The molecule has 1 N–H and O–H groups in total. The number of carbonyl (C=O) groups excluding carboxylic acids is 1. The Morgan fingerprint density at radius 1 is 1.32 bits per heavy atom. The first-order valence-corrected chi connectivity index (χ1v) is 9.54. The molecule has 1 aromatic rings. The lowest BCUT2D eigenvalue weighted by molar-refractivity contribution is 0.0214. The average molecular weight is 367 g/mol. The van der Waals surface area contributed by atoms with E-state index in [0.717, 1.165) is 30.8 Å². The lowest BCUT2D eigenvalue weighted by Crippen LogP contribution is -2.42. The lowest BCUT2D eigenvalue weighted by atomic mass is 10.0. The van der Waals surface area contributed by atoms with Crippen molar-refractivity contribution >= 4 is 17.7 Å². The number of nitrogens with one attached hydrogen (secondary N) is 1. The summed E-state index contributed by atoms with van der Waals surface area (Å²) in [5.74, 6) is 0. The van der Waals surface area contributed by atoms with Gasteiger partial charge in [0, 0.05) is 29.7 Å². The Bertz CT molecular complexity index is 568. The Hall–Kier alpha value is -1.26. The van der Waals surface area contributed by atoms with Crippen LogP contribution in [0.2, 0.25) is 5.02 Å². The Labute approximate surface area is 156 Å². The van der Waals surface area contributed by atoms with Gasteiger partial charge in [-0.15, -0.1) is 0 Å². The van der Waals surface area contributed by atoms with E-state index in [1.54, 1.807) is 0 Å². The number of benzene rings is 1. The summed E-state index contributed by atoms with van der Waals surface area (Å²) in [4.78, 5) is 14.3. The molecule has 1 amide bonds. The third kappa shape index (κ3) is 6.19. The van der Waals surface area contributed by atoms with Crippen LogP contribution in [0.1, 0.15) is 65.5 Å². The van der Waals surface area contributed by atoms with E-state index in [1.807, 2.05) is 37.8 Å². The summed E-state index contributed by atoms with van der Waals surface area (Å²) in [5, 5.41) is 4.38. The third-order valence-electron chi connectivity index (χ3n) is 4.54. The van der Waals surface area contributed by atoms with Crippen LogP contribution in [-0.2, 0) is 4.74 Å². The molecule has 1 saturated heterocycles. The Morgan fingerprint density at radius 2 is 1.96 bits per heavy atom. The summed E-state index contributed by atoms with van der Waals surface area (Å²) in [7, 11) is 0. The maximum absolute atomic E-state index is 12.4. The van der Waals surface area contributed by atoms with Crippen LogP contribution in [0.5, 0.6) is 0 Å². The summed E-state index contributed by atoms with van der Waals surface area (Å²) >= 11 is 5.96. The van der Waals surface area contributed by atoms with Crippen molar-refractivity contribution < 1.29 is 9.53 Å². The molecule has 25 heavy (non-hydrogen) atoms. The smallest absolute Gasteiger partial charge is 0.410 e. The molecular formula is C20H31ClN2O2. The van der Waals surface area contributed by atoms with Gasteiger partial charge in [-0.3, -0.25) is 0 Å². The van der Waals surface area contributed by atoms with Crippen LogP contribution in [-0.4, -0.2) is 35.2 Å². The molecule has 0 saturated carbocycles. The van der Waals surface area contributed by atoms with Gasteiger partial charge in [-0.1, -0.05) is 23.7 Å². The van der Waals surface area contributed by atoms with Gasteiger partial charge in [-0.25, -0.2) is 4.79 Å². The summed E-state index contributed by atoms with van der Waals surface area (Å²) in [5.41, 5.74) is 0.767. The van der Waals surface area contributed by atoms with Crippen LogP contribution in [0, 0.1) is 0 Å². The normalized spacial score (nSPS) is 20.4. The minimum Gasteiger partial charge on any atom is -0.444 e. The molecule has 1 fully saturated rings. The van der Waals surface area contributed by atoms with E-state index in [4.69, 9.17) is 16.3 Å². The topological polar surface area (TPSA) is 41.6 Å². The molecule has 3 atom stereocenters. The van der Waals surface area contributed by atoms with Gasteiger partial charge in [-0.2, -0.15) is 0 Å². The number of likely N-dealkylation sites (tertiary alicyclic amines) is 1. The molecule has 0 aliphatic carbocycles. The first-order valence-electron chi connectivity index (χ1n) is 9.17. The van der Waals surface area contributed by atoms with Crippen molar-refractivity contribution in [3.8, 4) is 0 Å². The van der Waals surface area contributed by atoms with E-state index in [-0.39, 0.29) is 18.2 Å². The number of rotatable bonds is 5. The molecular weight excluding hydrogens is 336 g/mol. The van der Waals surface area contributed by atoms with Crippen LogP contribution in [0.4, 0.5) is 4.79 Å². The molecule has 1 aliphatic rings. The summed E-state index contributed by atoms with van der Waals surface area (Å²) in [6.45, 7) is 10.9. The highest BCUT2D eigenvalue weighted by Crippen LogP contribution is 2.25. The number of nitrogens with zero attached hydrogens (tertiary/aromatic N) is 1. The molecule has 2 unspecified atom stereocenters. The molecule has 1 aromatic carbocycles. The molecule has 1 aliphatic heterocycles. The van der Waals surface area contributed by atoms with Gasteiger partial charge < -0.3 is 15.0 Å². The van der Waals surface area contributed by atoms with Gasteiger partial charge in [0.15, 0.2) is 0 Å². The van der Waals surface area contributed by atoms with Crippen molar-refractivity contribution in [2.24, 2.45) is 0 Å². The average Bonchev–Trinajstić information content (AvgIpc) is 2.94.